The average Bonchev–Trinajstić information content (AvgIpc) is 2.47. The minimum Gasteiger partial charge on any atom is -0.493 e. The van der Waals surface area contributed by atoms with Gasteiger partial charge in [-0.05, 0) is 32.9 Å². The van der Waals surface area contributed by atoms with E-state index in [9.17, 15) is 0 Å². The molecule has 3 heteroatoms. The molecule has 3 nitrogen and oxygen atoms in total. The molecule has 120 valence electrons. The molecule has 0 saturated carbocycles. The summed E-state index contributed by atoms with van der Waals surface area (Å²) in [5.74, 6) is 1.68. The largest absolute Gasteiger partial charge is 0.493 e. The van der Waals surface area contributed by atoms with Crippen molar-refractivity contribution in [2.45, 2.75) is 65.5 Å². The summed E-state index contributed by atoms with van der Waals surface area (Å²) in [6.45, 7) is 8.21. The molecule has 0 bridgehead atoms. The van der Waals surface area contributed by atoms with E-state index in [0.717, 1.165) is 30.2 Å². The number of hydrogen-bond acceptors (Lipinski definition) is 3. The lowest BCUT2D eigenvalue weighted by atomic mass is 10.1. The maximum atomic E-state index is 5.91. The third-order valence-corrected chi connectivity index (χ3v) is 3.41. The smallest absolute Gasteiger partial charge is 0.166 e. The second kappa shape index (κ2) is 10.5. The quantitative estimate of drug-likeness (QED) is 0.607. The number of ether oxygens (including phenoxy) is 2. The summed E-state index contributed by atoms with van der Waals surface area (Å²) >= 11 is 0. The minimum absolute atomic E-state index is 0.147. The number of rotatable bonds is 11. The molecule has 1 aromatic carbocycles. The molecule has 0 amide bonds. The third kappa shape index (κ3) is 6.85. The Morgan fingerprint density at radius 1 is 1.10 bits per heavy atom. The van der Waals surface area contributed by atoms with E-state index in [4.69, 9.17) is 9.47 Å². The Labute approximate surface area is 130 Å². The number of hydrogen-bond donors (Lipinski definition) is 1. The van der Waals surface area contributed by atoms with Crippen LogP contribution in [0.3, 0.4) is 0 Å². The summed E-state index contributed by atoms with van der Waals surface area (Å²) in [6, 6.07) is 6.07. The van der Waals surface area contributed by atoms with E-state index in [0.29, 0.717) is 0 Å². The van der Waals surface area contributed by atoms with Crippen LogP contribution >= 0.6 is 0 Å². The fourth-order valence-electron chi connectivity index (χ4n) is 2.31. The van der Waals surface area contributed by atoms with Crippen molar-refractivity contribution in [3.05, 3.63) is 23.8 Å². The SMILES string of the molecule is CCCCCCCNCc1cccc(OC)c1OC(C)C. The Balaban J connectivity index is 2.46. The first-order valence-electron chi connectivity index (χ1n) is 8.22. The van der Waals surface area contributed by atoms with Crippen LogP contribution in [0.25, 0.3) is 0 Å². The zero-order chi connectivity index (χ0) is 15.5. The van der Waals surface area contributed by atoms with Crippen LogP contribution in [-0.4, -0.2) is 19.8 Å². The first-order valence-corrected chi connectivity index (χ1v) is 8.22. The predicted octanol–water partition coefficient (Wildman–Crippen LogP) is 4.54. The fraction of sp³-hybridized carbons (Fsp3) is 0.667. The summed E-state index contributed by atoms with van der Waals surface area (Å²) in [4.78, 5) is 0. The Morgan fingerprint density at radius 3 is 2.52 bits per heavy atom. The van der Waals surface area contributed by atoms with E-state index < -0.39 is 0 Å². The summed E-state index contributed by atoms with van der Waals surface area (Å²) in [6.07, 6.45) is 6.70. The summed E-state index contributed by atoms with van der Waals surface area (Å²) in [7, 11) is 1.69. The van der Waals surface area contributed by atoms with Crippen LogP contribution < -0.4 is 14.8 Å². The molecule has 1 aromatic rings. The Hall–Kier alpha value is -1.22. The molecule has 0 aliphatic carbocycles. The number of nitrogens with one attached hydrogen (secondary N) is 1. The van der Waals surface area contributed by atoms with Gasteiger partial charge in [0.1, 0.15) is 0 Å². The van der Waals surface area contributed by atoms with E-state index >= 15 is 0 Å². The normalized spacial score (nSPS) is 10.9. The average molecular weight is 293 g/mol. The highest BCUT2D eigenvalue weighted by atomic mass is 16.5. The van der Waals surface area contributed by atoms with Gasteiger partial charge >= 0.3 is 0 Å². The first kappa shape index (κ1) is 17.8. The molecular weight excluding hydrogens is 262 g/mol. The van der Waals surface area contributed by atoms with Gasteiger partial charge in [0.15, 0.2) is 11.5 Å². The molecule has 0 heterocycles. The van der Waals surface area contributed by atoms with Crippen molar-refractivity contribution in [3.63, 3.8) is 0 Å². The van der Waals surface area contributed by atoms with Crippen LogP contribution in [-0.2, 0) is 6.54 Å². The number of unbranched alkanes of at least 4 members (excludes halogenated alkanes) is 4. The van der Waals surface area contributed by atoms with Gasteiger partial charge < -0.3 is 14.8 Å². The zero-order valence-electron chi connectivity index (χ0n) is 14.1. The molecule has 0 unspecified atom stereocenters. The fourth-order valence-corrected chi connectivity index (χ4v) is 2.31. The van der Waals surface area contributed by atoms with Gasteiger partial charge in [0.2, 0.25) is 0 Å². The van der Waals surface area contributed by atoms with Crippen molar-refractivity contribution in [2.24, 2.45) is 0 Å². The topological polar surface area (TPSA) is 30.5 Å². The van der Waals surface area contributed by atoms with E-state index in [1.807, 2.05) is 26.0 Å². The van der Waals surface area contributed by atoms with Crippen LogP contribution in [0.5, 0.6) is 11.5 Å². The monoisotopic (exact) mass is 293 g/mol. The molecule has 1 N–H and O–H groups in total. The molecule has 0 aromatic heterocycles. The van der Waals surface area contributed by atoms with Gasteiger partial charge in [0.25, 0.3) is 0 Å². The van der Waals surface area contributed by atoms with Crippen molar-refractivity contribution < 1.29 is 9.47 Å². The Bertz CT molecular complexity index is 391. The van der Waals surface area contributed by atoms with Crippen LogP contribution in [0, 0.1) is 0 Å². The Kier molecular flexibility index (Phi) is 8.91. The van der Waals surface area contributed by atoms with E-state index in [-0.39, 0.29) is 6.10 Å². The van der Waals surface area contributed by atoms with E-state index in [2.05, 4.69) is 18.3 Å². The lowest BCUT2D eigenvalue weighted by Gasteiger charge is -2.17. The summed E-state index contributed by atoms with van der Waals surface area (Å²) in [5.41, 5.74) is 1.16. The molecule has 21 heavy (non-hydrogen) atoms. The molecule has 1 rings (SSSR count). The highest BCUT2D eigenvalue weighted by Gasteiger charge is 2.11. The van der Waals surface area contributed by atoms with E-state index in [1.165, 1.54) is 32.1 Å². The van der Waals surface area contributed by atoms with Gasteiger partial charge in [-0.3, -0.25) is 0 Å². The standard InChI is InChI=1S/C18H31NO2/c1-5-6-7-8-9-13-19-14-16-11-10-12-17(20-4)18(16)21-15(2)3/h10-12,15,19H,5-9,13-14H2,1-4H3. The second-order valence-electron chi connectivity index (χ2n) is 5.71. The summed E-state index contributed by atoms with van der Waals surface area (Å²) in [5, 5.41) is 3.51. The lowest BCUT2D eigenvalue weighted by molar-refractivity contribution is 0.227. The molecule has 0 aliphatic rings. The van der Waals surface area contributed by atoms with Gasteiger partial charge in [0, 0.05) is 12.1 Å². The highest BCUT2D eigenvalue weighted by Crippen LogP contribution is 2.31. The summed E-state index contributed by atoms with van der Waals surface area (Å²) < 4.78 is 11.3. The molecular formula is C18H31NO2. The van der Waals surface area contributed by atoms with Gasteiger partial charge in [-0.2, -0.15) is 0 Å². The van der Waals surface area contributed by atoms with Crippen molar-refractivity contribution in [2.75, 3.05) is 13.7 Å². The maximum absolute atomic E-state index is 5.91. The number of para-hydroxylation sites is 1. The van der Waals surface area contributed by atoms with Crippen molar-refractivity contribution in [3.8, 4) is 11.5 Å². The van der Waals surface area contributed by atoms with Gasteiger partial charge in [-0.1, -0.05) is 44.7 Å². The Morgan fingerprint density at radius 2 is 1.86 bits per heavy atom. The van der Waals surface area contributed by atoms with Gasteiger partial charge in [0.05, 0.1) is 13.2 Å². The van der Waals surface area contributed by atoms with Gasteiger partial charge in [-0.15, -0.1) is 0 Å². The zero-order valence-corrected chi connectivity index (χ0v) is 14.1. The number of benzene rings is 1. The molecule has 0 fully saturated rings. The van der Waals surface area contributed by atoms with Crippen LogP contribution in [0.2, 0.25) is 0 Å². The number of methoxy groups -OCH3 is 1. The molecule has 0 aliphatic heterocycles. The highest BCUT2D eigenvalue weighted by molar-refractivity contribution is 5.46. The third-order valence-electron chi connectivity index (χ3n) is 3.41. The van der Waals surface area contributed by atoms with Crippen molar-refractivity contribution >= 4 is 0 Å². The van der Waals surface area contributed by atoms with Crippen LogP contribution in [0.4, 0.5) is 0 Å². The molecule has 0 atom stereocenters. The molecule has 0 radical (unpaired) electrons. The van der Waals surface area contributed by atoms with Crippen LogP contribution in [0.1, 0.15) is 58.4 Å². The van der Waals surface area contributed by atoms with Crippen molar-refractivity contribution in [1.29, 1.82) is 0 Å². The van der Waals surface area contributed by atoms with Gasteiger partial charge in [-0.25, -0.2) is 0 Å². The molecule has 0 saturated heterocycles. The maximum Gasteiger partial charge on any atom is 0.166 e. The second-order valence-corrected chi connectivity index (χ2v) is 5.71. The van der Waals surface area contributed by atoms with Crippen LogP contribution in [0.15, 0.2) is 18.2 Å². The predicted molar refractivity (Wildman–Crippen MR) is 89.2 cm³/mol. The van der Waals surface area contributed by atoms with E-state index in [1.54, 1.807) is 7.11 Å². The lowest BCUT2D eigenvalue weighted by Crippen LogP contribution is -2.17. The van der Waals surface area contributed by atoms with Crippen molar-refractivity contribution in [1.82, 2.24) is 5.32 Å². The first-order chi connectivity index (χ1) is 10.2. The molecule has 0 spiro atoms. The minimum atomic E-state index is 0.147.